The predicted molar refractivity (Wildman–Crippen MR) is 77.5 cm³/mol. The number of benzene rings is 1. The molecule has 4 rings (SSSR count). The molecule has 1 fully saturated rings. The van der Waals surface area contributed by atoms with E-state index in [1.54, 1.807) is 6.20 Å². The van der Waals surface area contributed by atoms with Gasteiger partial charge in [-0.2, -0.15) is 0 Å². The van der Waals surface area contributed by atoms with Crippen molar-refractivity contribution in [3.8, 4) is 0 Å². The van der Waals surface area contributed by atoms with Crippen molar-refractivity contribution in [3.05, 3.63) is 54.6 Å². The van der Waals surface area contributed by atoms with Gasteiger partial charge in [0.05, 0.1) is 16.5 Å². The van der Waals surface area contributed by atoms with E-state index in [2.05, 4.69) is 46.6 Å². The molecule has 1 aliphatic carbocycles. The van der Waals surface area contributed by atoms with Crippen LogP contribution in [-0.2, 0) is 0 Å². The Labute approximate surface area is 116 Å². The number of hydrogen-bond donors (Lipinski definition) is 0. The molecule has 1 saturated carbocycles. The molecule has 1 atom stereocenters. The lowest BCUT2D eigenvalue weighted by molar-refractivity contribution is 0.412. The fourth-order valence-corrected chi connectivity index (χ4v) is 3.82. The van der Waals surface area contributed by atoms with Gasteiger partial charge < -0.3 is 9.42 Å². The van der Waals surface area contributed by atoms with Crippen molar-refractivity contribution in [1.29, 1.82) is 0 Å². The molecule has 3 nitrogen and oxygen atoms in total. The normalized spacial score (nSPS) is 22.6. The van der Waals surface area contributed by atoms with Crippen LogP contribution >= 0.6 is 11.8 Å². The van der Waals surface area contributed by atoms with Crippen LogP contribution in [0.2, 0.25) is 0 Å². The van der Waals surface area contributed by atoms with Crippen LogP contribution in [-0.4, -0.2) is 10.5 Å². The molecule has 2 heterocycles. The smallest absolute Gasteiger partial charge is 0.174 e. The van der Waals surface area contributed by atoms with E-state index in [-0.39, 0.29) is 0 Å². The minimum Gasteiger partial charge on any atom is -0.356 e. The Bertz CT molecular complexity index is 590. The van der Waals surface area contributed by atoms with Crippen LogP contribution in [0.25, 0.3) is 4.91 Å². The van der Waals surface area contributed by atoms with Crippen molar-refractivity contribution in [3.63, 3.8) is 0 Å². The number of rotatable bonds is 3. The molecule has 0 radical (unpaired) electrons. The first-order valence-electron chi connectivity index (χ1n) is 6.55. The molecule has 1 aromatic carbocycles. The predicted octanol–water partition coefficient (Wildman–Crippen LogP) is 3.96. The molecule has 2 aliphatic rings. The third-order valence-corrected chi connectivity index (χ3v) is 4.95. The second-order valence-corrected chi connectivity index (χ2v) is 6.12. The maximum absolute atomic E-state index is 5.28. The van der Waals surface area contributed by atoms with Crippen LogP contribution < -0.4 is 4.90 Å². The van der Waals surface area contributed by atoms with Crippen LogP contribution in [0.1, 0.15) is 18.6 Å². The molecular weight excluding hydrogens is 256 g/mol. The van der Waals surface area contributed by atoms with Crippen LogP contribution in [0.3, 0.4) is 0 Å². The highest BCUT2D eigenvalue weighted by atomic mass is 32.2. The molecule has 1 aromatic heterocycles. The molecule has 19 heavy (non-hydrogen) atoms. The first-order chi connectivity index (χ1) is 9.42. The van der Waals surface area contributed by atoms with Crippen molar-refractivity contribution >= 4 is 22.4 Å². The van der Waals surface area contributed by atoms with E-state index >= 15 is 0 Å². The Morgan fingerprint density at radius 1 is 1.16 bits per heavy atom. The topological polar surface area (TPSA) is 29.3 Å². The first-order valence-corrected chi connectivity index (χ1v) is 7.43. The van der Waals surface area contributed by atoms with Gasteiger partial charge in [0.25, 0.3) is 0 Å². The lowest BCUT2D eigenvalue weighted by atomic mass is 10.2. The molecule has 0 saturated heterocycles. The standard InChI is InChI=1S/C15H14N2OS/c1-2-4-12(5-3-1)17-10-14(13-8-9-16-18-13)19-15(17)11-6-7-11/h1-5,8-11,15H,6-7H2. The molecule has 4 heteroatoms. The van der Waals surface area contributed by atoms with E-state index < -0.39 is 0 Å². The van der Waals surface area contributed by atoms with Gasteiger partial charge in [-0.1, -0.05) is 35.1 Å². The Balaban J connectivity index is 1.69. The van der Waals surface area contributed by atoms with E-state index in [9.17, 15) is 0 Å². The number of thioether (sulfide) groups is 1. The summed E-state index contributed by atoms with van der Waals surface area (Å²) in [4.78, 5) is 3.55. The SMILES string of the molecule is C1=C(c2ccno2)SC(C2CC2)N1c1ccccc1. The quantitative estimate of drug-likeness (QED) is 0.844. The summed E-state index contributed by atoms with van der Waals surface area (Å²) in [5, 5.41) is 4.30. The number of para-hydroxylation sites is 1. The van der Waals surface area contributed by atoms with Crippen molar-refractivity contribution in [2.24, 2.45) is 5.92 Å². The number of nitrogens with zero attached hydrogens (tertiary/aromatic N) is 2. The highest BCUT2D eigenvalue weighted by Gasteiger charge is 2.40. The fraction of sp³-hybridized carbons (Fsp3) is 0.267. The molecule has 0 bridgehead atoms. The Morgan fingerprint density at radius 3 is 2.68 bits per heavy atom. The maximum Gasteiger partial charge on any atom is 0.174 e. The van der Waals surface area contributed by atoms with Gasteiger partial charge in [-0.05, 0) is 30.9 Å². The fourth-order valence-electron chi connectivity index (χ4n) is 2.41. The van der Waals surface area contributed by atoms with Gasteiger partial charge in [0, 0.05) is 18.0 Å². The van der Waals surface area contributed by atoms with Crippen LogP contribution in [0, 0.1) is 5.92 Å². The van der Waals surface area contributed by atoms with Gasteiger partial charge in [-0.3, -0.25) is 0 Å². The average Bonchev–Trinajstić information content (AvgIpc) is 3.00. The minimum atomic E-state index is 0.502. The van der Waals surface area contributed by atoms with Crippen molar-refractivity contribution in [2.45, 2.75) is 18.2 Å². The van der Waals surface area contributed by atoms with E-state index in [0.717, 1.165) is 11.7 Å². The summed E-state index contributed by atoms with van der Waals surface area (Å²) >= 11 is 1.90. The maximum atomic E-state index is 5.28. The summed E-state index contributed by atoms with van der Waals surface area (Å²) < 4.78 is 5.28. The second kappa shape index (κ2) is 4.46. The molecule has 0 N–H and O–H groups in total. The zero-order chi connectivity index (χ0) is 12.7. The summed E-state index contributed by atoms with van der Waals surface area (Å²) in [7, 11) is 0. The third kappa shape index (κ3) is 2.06. The highest BCUT2D eigenvalue weighted by Crippen LogP contribution is 2.50. The van der Waals surface area contributed by atoms with Gasteiger partial charge in [0.2, 0.25) is 0 Å². The van der Waals surface area contributed by atoms with E-state index in [0.29, 0.717) is 5.37 Å². The molecule has 0 spiro atoms. The summed E-state index contributed by atoms with van der Waals surface area (Å²) in [5.41, 5.74) is 1.25. The zero-order valence-corrected chi connectivity index (χ0v) is 11.2. The number of hydrogen-bond acceptors (Lipinski definition) is 4. The van der Waals surface area contributed by atoms with Crippen LogP contribution in [0.5, 0.6) is 0 Å². The molecule has 2 aromatic rings. The van der Waals surface area contributed by atoms with Gasteiger partial charge in [0.1, 0.15) is 0 Å². The monoisotopic (exact) mass is 270 g/mol. The van der Waals surface area contributed by atoms with Crippen molar-refractivity contribution in [1.82, 2.24) is 5.16 Å². The van der Waals surface area contributed by atoms with Crippen LogP contribution in [0.4, 0.5) is 5.69 Å². The second-order valence-electron chi connectivity index (χ2n) is 4.96. The summed E-state index contributed by atoms with van der Waals surface area (Å²) in [6.45, 7) is 0. The molecular formula is C15H14N2OS. The lowest BCUT2D eigenvalue weighted by Gasteiger charge is -2.24. The summed E-state index contributed by atoms with van der Waals surface area (Å²) in [5.74, 6) is 1.66. The lowest BCUT2D eigenvalue weighted by Crippen LogP contribution is -2.25. The van der Waals surface area contributed by atoms with Crippen molar-refractivity contribution in [2.75, 3.05) is 4.90 Å². The highest BCUT2D eigenvalue weighted by molar-refractivity contribution is 8.09. The third-order valence-electron chi connectivity index (χ3n) is 3.54. The molecule has 0 amide bonds. The Morgan fingerprint density at radius 2 is 2.00 bits per heavy atom. The number of aromatic nitrogens is 1. The van der Waals surface area contributed by atoms with Gasteiger partial charge >= 0.3 is 0 Å². The van der Waals surface area contributed by atoms with Gasteiger partial charge in [0.15, 0.2) is 5.76 Å². The largest absolute Gasteiger partial charge is 0.356 e. The molecule has 96 valence electrons. The van der Waals surface area contributed by atoms with Gasteiger partial charge in [-0.15, -0.1) is 0 Å². The first kappa shape index (κ1) is 11.2. The van der Waals surface area contributed by atoms with Gasteiger partial charge in [-0.25, -0.2) is 0 Å². The zero-order valence-electron chi connectivity index (χ0n) is 10.4. The van der Waals surface area contributed by atoms with E-state index in [1.165, 1.54) is 23.4 Å². The Kier molecular flexibility index (Phi) is 2.62. The van der Waals surface area contributed by atoms with Crippen molar-refractivity contribution < 1.29 is 4.52 Å². The van der Waals surface area contributed by atoms with E-state index in [4.69, 9.17) is 4.52 Å². The summed E-state index contributed by atoms with van der Waals surface area (Å²) in [6.07, 6.45) is 6.56. The van der Waals surface area contributed by atoms with E-state index in [1.807, 2.05) is 17.8 Å². The molecule has 1 aliphatic heterocycles. The van der Waals surface area contributed by atoms with Crippen LogP contribution in [0.15, 0.2) is 53.3 Å². The Hall–Kier alpha value is -1.68. The number of anilines is 1. The minimum absolute atomic E-state index is 0.502. The average molecular weight is 270 g/mol. The molecule has 1 unspecified atom stereocenters. The summed E-state index contributed by atoms with van der Waals surface area (Å²) in [6, 6.07) is 12.5.